The number of carbonyl (C=O) groups is 1. The second kappa shape index (κ2) is 4.03. The van der Waals surface area contributed by atoms with Crippen molar-refractivity contribution in [1.29, 1.82) is 0 Å². The van der Waals surface area contributed by atoms with Gasteiger partial charge < -0.3 is 9.15 Å². The second-order valence-electron chi connectivity index (χ2n) is 3.33. The average Bonchev–Trinajstić information content (AvgIpc) is 3.02. The van der Waals surface area contributed by atoms with Crippen LogP contribution < -0.4 is 0 Å². The molecule has 0 bridgehead atoms. The summed E-state index contributed by atoms with van der Waals surface area (Å²) >= 11 is 1.47. The molecule has 5 heteroatoms. The topological polar surface area (TPSA) is 51.8 Å². The van der Waals surface area contributed by atoms with Crippen LogP contribution in [0.4, 0.5) is 0 Å². The molecule has 3 heterocycles. The molecule has 17 heavy (non-hydrogen) atoms. The molecule has 0 saturated heterocycles. The molecule has 0 radical (unpaired) electrons. The van der Waals surface area contributed by atoms with Crippen LogP contribution in [0.2, 0.25) is 0 Å². The van der Waals surface area contributed by atoms with E-state index in [1.165, 1.54) is 17.6 Å². The van der Waals surface area contributed by atoms with Crippen LogP contribution in [0.3, 0.4) is 0 Å². The van der Waals surface area contributed by atoms with Gasteiger partial charge in [0.05, 0.1) is 11.1 Å². The summed E-state index contributed by atoms with van der Waals surface area (Å²) in [4.78, 5) is 16.5. The minimum atomic E-state index is -0.454. The number of carbonyl (C=O) groups excluding carboxylic acids is 1. The first kappa shape index (κ1) is 10.0. The van der Waals surface area contributed by atoms with Crippen molar-refractivity contribution in [3.8, 4) is 0 Å². The number of thiophene rings is 1. The Morgan fingerprint density at radius 1 is 1.29 bits per heavy atom. The quantitative estimate of drug-likeness (QED) is 0.603. The summed E-state index contributed by atoms with van der Waals surface area (Å²) in [5.41, 5.74) is 0.253. The first-order valence-corrected chi connectivity index (χ1v) is 5.81. The van der Waals surface area contributed by atoms with Gasteiger partial charge in [-0.15, -0.1) is 11.3 Å². The van der Waals surface area contributed by atoms with Crippen LogP contribution in [-0.2, 0) is 9.53 Å². The zero-order chi connectivity index (χ0) is 11.7. The van der Waals surface area contributed by atoms with Crippen molar-refractivity contribution in [3.63, 3.8) is 0 Å². The van der Waals surface area contributed by atoms with Gasteiger partial charge in [-0.2, -0.15) is 0 Å². The van der Waals surface area contributed by atoms with E-state index in [4.69, 9.17) is 9.15 Å². The smallest absolute Gasteiger partial charge is 0.363 e. The first-order valence-electron chi connectivity index (χ1n) is 4.93. The zero-order valence-corrected chi connectivity index (χ0v) is 9.44. The van der Waals surface area contributed by atoms with Gasteiger partial charge in [-0.1, -0.05) is 6.07 Å². The molecular weight excluding hydrogens is 238 g/mol. The van der Waals surface area contributed by atoms with E-state index >= 15 is 0 Å². The minimum absolute atomic E-state index is 0.253. The molecule has 0 aromatic carbocycles. The third-order valence-electron chi connectivity index (χ3n) is 2.17. The van der Waals surface area contributed by atoms with Crippen LogP contribution in [0.5, 0.6) is 0 Å². The van der Waals surface area contributed by atoms with Crippen molar-refractivity contribution in [2.45, 2.75) is 0 Å². The predicted molar refractivity (Wildman–Crippen MR) is 63.6 cm³/mol. The summed E-state index contributed by atoms with van der Waals surface area (Å²) in [5, 5.41) is 1.90. The molecule has 0 fully saturated rings. The van der Waals surface area contributed by atoms with E-state index in [1.807, 2.05) is 17.5 Å². The number of ether oxygens (including phenoxy) is 1. The van der Waals surface area contributed by atoms with E-state index in [-0.39, 0.29) is 5.70 Å². The Kier molecular flexibility index (Phi) is 2.38. The van der Waals surface area contributed by atoms with E-state index < -0.39 is 5.97 Å². The van der Waals surface area contributed by atoms with Crippen LogP contribution in [0.25, 0.3) is 6.08 Å². The first-order chi connectivity index (χ1) is 8.33. The summed E-state index contributed by atoms with van der Waals surface area (Å²) in [7, 11) is 0. The normalized spacial score (nSPS) is 17.3. The maximum atomic E-state index is 11.6. The van der Waals surface area contributed by atoms with Crippen molar-refractivity contribution in [1.82, 2.24) is 0 Å². The molecule has 0 amide bonds. The summed E-state index contributed by atoms with van der Waals surface area (Å²) in [5.74, 6) is 0.473. The van der Waals surface area contributed by atoms with Gasteiger partial charge in [-0.25, -0.2) is 9.79 Å². The third kappa shape index (κ3) is 1.92. The van der Waals surface area contributed by atoms with Gasteiger partial charge in [0, 0.05) is 6.08 Å². The number of nitrogens with zero attached hydrogens (tertiary/aromatic N) is 1. The molecule has 1 aliphatic rings. The molecule has 0 unspecified atom stereocenters. The maximum Gasteiger partial charge on any atom is 0.363 e. The number of rotatable bonds is 2. The fourth-order valence-corrected chi connectivity index (χ4v) is 2.07. The molecule has 0 atom stereocenters. The lowest BCUT2D eigenvalue weighted by Gasteiger charge is -1.92. The van der Waals surface area contributed by atoms with Crippen molar-refractivity contribution in [2.75, 3.05) is 0 Å². The Labute approximate surface area is 101 Å². The largest absolute Gasteiger partial charge is 0.465 e. The second-order valence-corrected chi connectivity index (χ2v) is 4.28. The number of cyclic esters (lactones) is 1. The lowest BCUT2D eigenvalue weighted by atomic mass is 10.3. The number of furan rings is 1. The van der Waals surface area contributed by atoms with Crippen LogP contribution in [0, 0.1) is 0 Å². The fourth-order valence-electron chi connectivity index (χ4n) is 1.42. The third-order valence-corrected chi connectivity index (χ3v) is 3.03. The number of hydrogen-bond donors (Lipinski definition) is 0. The Morgan fingerprint density at radius 2 is 2.24 bits per heavy atom. The van der Waals surface area contributed by atoms with Crippen LogP contribution in [-0.4, -0.2) is 11.9 Å². The predicted octanol–water partition coefficient (Wildman–Crippen LogP) is 2.69. The molecule has 4 nitrogen and oxygen atoms in total. The Balaban J connectivity index is 1.95. The van der Waals surface area contributed by atoms with Crippen molar-refractivity contribution < 1.29 is 13.9 Å². The van der Waals surface area contributed by atoms with Gasteiger partial charge in [0.2, 0.25) is 5.90 Å². The van der Waals surface area contributed by atoms with Gasteiger partial charge in [-0.3, -0.25) is 0 Å². The summed E-state index contributed by atoms with van der Waals surface area (Å²) in [6, 6.07) is 7.23. The average molecular weight is 245 g/mol. The molecule has 1 aliphatic heterocycles. The van der Waals surface area contributed by atoms with E-state index in [2.05, 4.69) is 4.99 Å². The van der Waals surface area contributed by atoms with Gasteiger partial charge in [0.1, 0.15) is 5.76 Å². The SMILES string of the molecule is O=C1OC(c2cccs2)=NC1=Cc1ccco1. The monoisotopic (exact) mass is 245 g/mol. The lowest BCUT2D eigenvalue weighted by Crippen LogP contribution is -2.03. The van der Waals surface area contributed by atoms with E-state index in [9.17, 15) is 4.79 Å². The Bertz CT molecular complexity index is 594. The highest BCUT2D eigenvalue weighted by molar-refractivity contribution is 7.12. The molecular formula is C12H7NO3S. The van der Waals surface area contributed by atoms with Gasteiger partial charge in [-0.05, 0) is 23.6 Å². The van der Waals surface area contributed by atoms with Crippen LogP contribution in [0.15, 0.2) is 51.0 Å². The Morgan fingerprint density at radius 3 is 2.94 bits per heavy atom. The standard InChI is InChI=1S/C12H7NO3S/c14-12-9(7-8-3-1-5-15-8)13-11(16-12)10-4-2-6-17-10/h1-7H. The van der Waals surface area contributed by atoms with Crippen molar-refractivity contribution in [3.05, 3.63) is 52.2 Å². The summed E-state index contributed by atoms with van der Waals surface area (Å²) in [6.45, 7) is 0. The van der Waals surface area contributed by atoms with Crippen molar-refractivity contribution in [2.24, 2.45) is 4.99 Å². The van der Waals surface area contributed by atoms with E-state index in [1.54, 1.807) is 18.2 Å². The van der Waals surface area contributed by atoms with Gasteiger partial charge in [0.25, 0.3) is 0 Å². The fraction of sp³-hybridized carbons (Fsp3) is 0. The highest BCUT2D eigenvalue weighted by Gasteiger charge is 2.24. The minimum Gasteiger partial charge on any atom is -0.465 e. The van der Waals surface area contributed by atoms with Crippen molar-refractivity contribution >= 4 is 29.3 Å². The zero-order valence-electron chi connectivity index (χ0n) is 8.62. The highest BCUT2D eigenvalue weighted by atomic mass is 32.1. The Hall–Kier alpha value is -2.14. The highest BCUT2D eigenvalue weighted by Crippen LogP contribution is 2.21. The number of aliphatic imine (C=N–C) groups is 1. The number of hydrogen-bond acceptors (Lipinski definition) is 5. The molecule has 0 spiro atoms. The molecule has 3 rings (SSSR count). The summed E-state index contributed by atoms with van der Waals surface area (Å²) < 4.78 is 10.2. The van der Waals surface area contributed by atoms with Crippen LogP contribution in [0.1, 0.15) is 10.6 Å². The van der Waals surface area contributed by atoms with E-state index in [0.29, 0.717) is 11.7 Å². The molecule has 2 aromatic heterocycles. The number of esters is 1. The van der Waals surface area contributed by atoms with Gasteiger partial charge in [0.15, 0.2) is 5.70 Å². The molecule has 0 aliphatic carbocycles. The van der Waals surface area contributed by atoms with Crippen LogP contribution >= 0.6 is 11.3 Å². The molecule has 2 aromatic rings. The summed E-state index contributed by atoms with van der Waals surface area (Å²) in [6.07, 6.45) is 3.10. The molecule has 0 N–H and O–H groups in total. The lowest BCUT2D eigenvalue weighted by molar-refractivity contribution is -0.129. The molecule has 0 saturated carbocycles. The molecule has 84 valence electrons. The van der Waals surface area contributed by atoms with Gasteiger partial charge >= 0.3 is 5.97 Å². The van der Waals surface area contributed by atoms with E-state index in [0.717, 1.165) is 4.88 Å². The maximum absolute atomic E-state index is 11.6.